The predicted octanol–water partition coefficient (Wildman–Crippen LogP) is 1.43. The Hall–Kier alpha value is -2.17. The van der Waals surface area contributed by atoms with E-state index in [-0.39, 0.29) is 11.3 Å². The molecule has 1 heterocycles. The van der Waals surface area contributed by atoms with Crippen molar-refractivity contribution in [3.05, 3.63) is 36.4 Å². The number of nitrogens with zero attached hydrogens (tertiary/aromatic N) is 2. The predicted molar refractivity (Wildman–Crippen MR) is 75.4 cm³/mol. The first kappa shape index (κ1) is 13.3. The number of ether oxygens (including phenoxy) is 1. The van der Waals surface area contributed by atoms with Crippen LogP contribution < -0.4 is 10.5 Å². The van der Waals surface area contributed by atoms with E-state index in [2.05, 4.69) is 18.5 Å². The second-order valence-corrected chi connectivity index (χ2v) is 4.73. The zero-order chi connectivity index (χ0) is 14.0. The van der Waals surface area contributed by atoms with Crippen molar-refractivity contribution in [1.29, 1.82) is 0 Å². The first-order chi connectivity index (χ1) is 9.02. The molecular formula is C14H19N3O2. The molecule has 19 heavy (non-hydrogen) atoms. The Kier molecular flexibility index (Phi) is 3.38. The standard InChI is InChI=1S/C14H19N3O2/c1-4-7-17-13(15)16-9-14(17,2)10-5-6-11(18)12(8-10)19-3/h4-6,8,18H,1,7,9H2,2-3H3,(H2,15,16). The highest BCUT2D eigenvalue weighted by Crippen LogP contribution is 2.37. The van der Waals surface area contributed by atoms with Crippen LogP contribution in [0.2, 0.25) is 0 Å². The molecule has 1 aliphatic heterocycles. The van der Waals surface area contributed by atoms with Gasteiger partial charge in [-0.05, 0) is 24.6 Å². The topological polar surface area (TPSA) is 71.1 Å². The molecule has 0 fully saturated rings. The number of rotatable bonds is 4. The average molecular weight is 261 g/mol. The molecule has 0 amide bonds. The zero-order valence-electron chi connectivity index (χ0n) is 11.3. The molecule has 0 aromatic heterocycles. The minimum Gasteiger partial charge on any atom is -0.504 e. The summed E-state index contributed by atoms with van der Waals surface area (Å²) in [6.45, 7) is 7.00. The van der Waals surface area contributed by atoms with Crippen molar-refractivity contribution in [2.75, 3.05) is 20.2 Å². The van der Waals surface area contributed by atoms with Gasteiger partial charge in [0.05, 0.1) is 19.2 Å². The average Bonchev–Trinajstić information content (AvgIpc) is 2.69. The zero-order valence-corrected chi connectivity index (χ0v) is 11.3. The van der Waals surface area contributed by atoms with Crippen LogP contribution in [0.5, 0.6) is 11.5 Å². The molecule has 1 aromatic carbocycles. The third-order valence-corrected chi connectivity index (χ3v) is 3.53. The maximum absolute atomic E-state index is 9.67. The summed E-state index contributed by atoms with van der Waals surface area (Å²) in [5.41, 5.74) is 6.57. The number of nitrogens with two attached hydrogens (primary N) is 1. The number of guanidine groups is 1. The first-order valence-electron chi connectivity index (χ1n) is 6.09. The molecule has 1 atom stereocenters. The van der Waals surface area contributed by atoms with Crippen molar-refractivity contribution in [3.63, 3.8) is 0 Å². The molecule has 0 bridgehead atoms. The normalized spacial score (nSPS) is 22.2. The molecule has 0 saturated carbocycles. The number of phenolic OH excluding ortho intramolecular Hbond substituents is 1. The van der Waals surface area contributed by atoms with Gasteiger partial charge in [-0.1, -0.05) is 12.1 Å². The van der Waals surface area contributed by atoms with Crippen molar-refractivity contribution in [2.45, 2.75) is 12.5 Å². The molecule has 0 radical (unpaired) electrons. The van der Waals surface area contributed by atoms with Gasteiger partial charge >= 0.3 is 0 Å². The van der Waals surface area contributed by atoms with E-state index >= 15 is 0 Å². The van der Waals surface area contributed by atoms with Gasteiger partial charge in [-0.3, -0.25) is 4.99 Å². The van der Waals surface area contributed by atoms with E-state index in [0.717, 1.165) is 5.56 Å². The van der Waals surface area contributed by atoms with Gasteiger partial charge in [-0.15, -0.1) is 6.58 Å². The Morgan fingerprint density at radius 2 is 2.37 bits per heavy atom. The third kappa shape index (κ3) is 2.12. The largest absolute Gasteiger partial charge is 0.504 e. The number of hydrogen-bond donors (Lipinski definition) is 2. The van der Waals surface area contributed by atoms with Crippen LogP contribution in [0.15, 0.2) is 35.8 Å². The second kappa shape index (κ2) is 4.84. The molecule has 1 unspecified atom stereocenters. The number of hydrogen-bond acceptors (Lipinski definition) is 5. The van der Waals surface area contributed by atoms with E-state index < -0.39 is 0 Å². The van der Waals surface area contributed by atoms with Crippen LogP contribution in [0.3, 0.4) is 0 Å². The summed E-state index contributed by atoms with van der Waals surface area (Å²) in [5.74, 6) is 1.08. The molecule has 2 rings (SSSR count). The van der Waals surface area contributed by atoms with Crippen LogP contribution in [0.25, 0.3) is 0 Å². The molecule has 3 N–H and O–H groups in total. The first-order valence-corrected chi connectivity index (χ1v) is 6.09. The highest BCUT2D eigenvalue weighted by atomic mass is 16.5. The van der Waals surface area contributed by atoms with Gasteiger partial charge in [0.25, 0.3) is 0 Å². The smallest absolute Gasteiger partial charge is 0.192 e. The van der Waals surface area contributed by atoms with Crippen LogP contribution >= 0.6 is 0 Å². The molecule has 0 saturated heterocycles. The van der Waals surface area contributed by atoms with E-state index in [1.165, 1.54) is 7.11 Å². The van der Waals surface area contributed by atoms with Gasteiger partial charge in [0, 0.05) is 6.54 Å². The molecule has 1 aliphatic rings. The quantitative estimate of drug-likeness (QED) is 0.804. The van der Waals surface area contributed by atoms with Gasteiger partial charge in [0.15, 0.2) is 17.5 Å². The lowest BCUT2D eigenvalue weighted by molar-refractivity contribution is 0.243. The summed E-state index contributed by atoms with van der Waals surface area (Å²) in [4.78, 5) is 6.30. The van der Waals surface area contributed by atoms with Crippen LogP contribution in [-0.4, -0.2) is 36.2 Å². The molecule has 102 valence electrons. The Balaban J connectivity index is 2.42. The summed E-state index contributed by atoms with van der Waals surface area (Å²) in [6.07, 6.45) is 1.80. The molecule has 0 aliphatic carbocycles. The minimum absolute atomic E-state index is 0.122. The van der Waals surface area contributed by atoms with Gasteiger partial charge in [0.2, 0.25) is 0 Å². The Labute approximate surface area is 113 Å². The fraction of sp³-hybridized carbons (Fsp3) is 0.357. The highest BCUT2D eigenvalue weighted by molar-refractivity contribution is 5.81. The molecular weight excluding hydrogens is 242 g/mol. The lowest BCUT2D eigenvalue weighted by atomic mass is 9.90. The van der Waals surface area contributed by atoms with Crippen LogP contribution in [0, 0.1) is 0 Å². The number of aliphatic imine (C=N–C) groups is 1. The number of methoxy groups -OCH3 is 1. The third-order valence-electron chi connectivity index (χ3n) is 3.53. The van der Waals surface area contributed by atoms with Crippen LogP contribution in [-0.2, 0) is 5.54 Å². The van der Waals surface area contributed by atoms with Crippen molar-refractivity contribution in [2.24, 2.45) is 10.7 Å². The van der Waals surface area contributed by atoms with E-state index in [0.29, 0.717) is 24.8 Å². The maximum Gasteiger partial charge on any atom is 0.192 e. The van der Waals surface area contributed by atoms with Crippen molar-refractivity contribution >= 4 is 5.96 Å². The number of phenols is 1. The van der Waals surface area contributed by atoms with Crippen molar-refractivity contribution < 1.29 is 9.84 Å². The molecule has 0 spiro atoms. The Morgan fingerprint density at radius 1 is 1.63 bits per heavy atom. The van der Waals surface area contributed by atoms with Gasteiger partial charge in [-0.2, -0.15) is 0 Å². The van der Waals surface area contributed by atoms with E-state index in [9.17, 15) is 5.11 Å². The van der Waals surface area contributed by atoms with Crippen molar-refractivity contribution in [1.82, 2.24) is 4.90 Å². The SMILES string of the molecule is C=CCN1C(N)=NCC1(C)c1ccc(O)c(OC)c1. The number of aromatic hydroxyl groups is 1. The Morgan fingerprint density at radius 3 is 3.00 bits per heavy atom. The van der Waals surface area contributed by atoms with E-state index in [1.807, 2.05) is 17.0 Å². The minimum atomic E-state index is -0.348. The van der Waals surface area contributed by atoms with Crippen LogP contribution in [0.4, 0.5) is 0 Å². The van der Waals surface area contributed by atoms with E-state index in [1.54, 1.807) is 12.1 Å². The molecule has 5 nitrogen and oxygen atoms in total. The summed E-state index contributed by atoms with van der Waals surface area (Å²) >= 11 is 0. The molecule has 1 aromatic rings. The van der Waals surface area contributed by atoms with Gasteiger partial charge in [-0.25, -0.2) is 0 Å². The highest BCUT2D eigenvalue weighted by Gasteiger charge is 2.39. The summed E-state index contributed by atoms with van der Waals surface area (Å²) in [7, 11) is 1.53. The van der Waals surface area contributed by atoms with E-state index in [4.69, 9.17) is 10.5 Å². The molecule has 5 heteroatoms. The van der Waals surface area contributed by atoms with Gasteiger partial charge in [0.1, 0.15) is 0 Å². The lowest BCUT2D eigenvalue weighted by Crippen LogP contribution is -2.47. The van der Waals surface area contributed by atoms with Crippen molar-refractivity contribution in [3.8, 4) is 11.5 Å². The number of benzene rings is 1. The van der Waals surface area contributed by atoms with Crippen LogP contribution in [0.1, 0.15) is 12.5 Å². The second-order valence-electron chi connectivity index (χ2n) is 4.73. The fourth-order valence-corrected chi connectivity index (χ4v) is 2.34. The summed E-state index contributed by atoms with van der Waals surface area (Å²) in [6, 6.07) is 5.31. The van der Waals surface area contributed by atoms with Gasteiger partial charge < -0.3 is 20.5 Å². The lowest BCUT2D eigenvalue weighted by Gasteiger charge is -2.36. The summed E-state index contributed by atoms with van der Waals surface area (Å²) in [5, 5.41) is 9.67. The monoisotopic (exact) mass is 261 g/mol. The Bertz CT molecular complexity index is 527. The fourth-order valence-electron chi connectivity index (χ4n) is 2.34. The summed E-state index contributed by atoms with van der Waals surface area (Å²) < 4.78 is 5.15. The maximum atomic E-state index is 9.67.